The molecule has 0 atom stereocenters. The summed E-state index contributed by atoms with van der Waals surface area (Å²) in [6.45, 7) is 8.88. The van der Waals surface area contributed by atoms with Crippen molar-refractivity contribution in [2.75, 3.05) is 30.3 Å². The molecular weight excluding hydrogens is 320 g/mol. The van der Waals surface area contributed by atoms with Crippen molar-refractivity contribution in [1.82, 2.24) is 0 Å². The molecule has 4 heteroatoms. The summed E-state index contributed by atoms with van der Waals surface area (Å²) in [4.78, 5) is 0. The van der Waals surface area contributed by atoms with Crippen LogP contribution in [0.3, 0.4) is 0 Å². The molecule has 0 aliphatic rings. The van der Waals surface area contributed by atoms with E-state index >= 15 is 0 Å². The summed E-state index contributed by atoms with van der Waals surface area (Å²) in [7, 11) is 0. The maximum absolute atomic E-state index is 6.03. The number of hydrogen-bond donors (Lipinski definition) is 2. The summed E-state index contributed by atoms with van der Waals surface area (Å²) in [5.41, 5.74) is 3.34. The molecule has 2 aromatic carbocycles. The van der Waals surface area contributed by atoms with Gasteiger partial charge in [0.25, 0.3) is 0 Å². The third kappa shape index (κ3) is 6.32. The smallest absolute Gasteiger partial charge is 0.121 e. The van der Waals surface area contributed by atoms with Gasteiger partial charge in [-0.25, -0.2) is 0 Å². The Balaban J connectivity index is 1.76. The Labute approximate surface area is 150 Å². The van der Waals surface area contributed by atoms with Crippen LogP contribution in [-0.4, -0.2) is 19.7 Å². The van der Waals surface area contributed by atoms with E-state index in [-0.39, 0.29) is 0 Å². The average Bonchev–Trinajstić information content (AvgIpc) is 2.55. The maximum Gasteiger partial charge on any atom is 0.121 e. The van der Waals surface area contributed by atoms with Crippen LogP contribution >= 0.6 is 11.6 Å². The second-order valence-corrected chi connectivity index (χ2v) is 6.81. The van der Waals surface area contributed by atoms with Crippen LogP contribution in [0, 0.1) is 12.8 Å². The molecule has 3 nitrogen and oxygen atoms in total. The topological polar surface area (TPSA) is 33.3 Å². The van der Waals surface area contributed by atoms with E-state index in [2.05, 4.69) is 37.5 Å². The fourth-order valence-electron chi connectivity index (χ4n) is 2.30. The molecule has 2 aromatic rings. The molecule has 0 fully saturated rings. The normalized spacial score (nSPS) is 10.7. The van der Waals surface area contributed by atoms with Crippen LogP contribution in [0.4, 0.5) is 11.4 Å². The van der Waals surface area contributed by atoms with Crippen LogP contribution in [0.5, 0.6) is 5.75 Å². The van der Waals surface area contributed by atoms with Gasteiger partial charge >= 0.3 is 0 Å². The Hall–Kier alpha value is -1.87. The molecule has 0 aromatic heterocycles. The lowest BCUT2D eigenvalue weighted by atomic mass is 10.1. The molecule has 2 N–H and O–H groups in total. The predicted octanol–water partition coefficient (Wildman–Crippen LogP) is 5.60. The van der Waals surface area contributed by atoms with Gasteiger partial charge in [-0.3, -0.25) is 0 Å². The molecule has 0 aliphatic heterocycles. The number of hydrogen-bond acceptors (Lipinski definition) is 3. The molecule has 0 saturated heterocycles. The zero-order valence-electron chi connectivity index (χ0n) is 14.7. The highest BCUT2D eigenvalue weighted by Gasteiger charge is 2.00. The van der Waals surface area contributed by atoms with E-state index in [1.165, 1.54) is 5.56 Å². The van der Waals surface area contributed by atoms with Crippen molar-refractivity contribution in [3.63, 3.8) is 0 Å². The second-order valence-electron chi connectivity index (χ2n) is 6.37. The monoisotopic (exact) mass is 346 g/mol. The third-order valence-corrected chi connectivity index (χ3v) is 4.00. The summed E-state index contributed by atoms with van der Waals surface area (Å²) in [5, 5.41) is 7.57. The van der Waals surface area contributed by atoms with Gasteiger partial charge in [0.05, 0.1) is 6.61 Å². The lowest BCUT2D eigenvalue weighted by Crippen LogP contribution is -2.14. The van der Waals surface area contributed by atoms with Crippen LogP contribution in [0.25, 0.3) is 0 Å². The zero-order valence-corrected chi connectivity index (χ0v) is 15.5. The minimum Gasteiger partial charge on any atom is -0.494 e. The Kier molecular flexibility index (Phi) is 7.26. The van der Waals surface area contributed by atoms with E-state index in [0.717, 1.165) is 48.3 Å². The van der Waals surface area contributed by atoms with Crippen molar-refractivity contribution >= 4 is 23.0 Å². The van der Waals surface area contributed by atoms with Gasteiger partial charge in [-0.05, 0) is 49.1 Å². The van der Waals surface area contributed by atoms with Crippen LogP contribution < -0.4 is 15.4 Å². The summed E-state index contributed by atoms with van der Waals surface area (Å²) >= 11 is 6.03. The number of rotatable bonds is 9. The van der Waals surface area contributed by atoms with Crippen molar-refractivity contribution in [3.8, 4) is 5.75 Å². The molecule has 130 valence electrons. The Morgan fingerprint density at radius 1 is 1.04 bits per heavy atom. The molecule has 0 amide bonds. The number of nitrogens with one attached hydrogen (secondary N) is 2. The van der Waals surface area contributed by atoms with Gasteiger partial charge in [0, 0.05) is 35.6 Å². The molecule has 2 rings (SSSR count). The van der Waals surface area contributed by atoms with Crippen LogP contribution in [0.15, 0.2) is 42.5 Å². The SMILES string of the molecule is Cc1ccc(Cl)cc1NCCNc1cccc(OCCC(C)C)c1. The molecule has 24 heavy (non-hydrogen) atoms. The first-order chi connectivity index (χ1) is 11.5. The molecular formula is C20H27ClN2O. The molecule has 0 spiro atoms. The highest BCUT2D eigenvalue weighted by atomic mass is 35.5. The summed E-state index contributed by atoms with van der Waals surface area (Å²) in [5.74, 6) is 1.58. The predicted molar refractivity (Wildman–Crippen MR) is 105 cm³/mol. The van der Waals surface area contributed by atoms with E-state index < -0.39 is 0 Å². The van der Waals surface area contributed by atoms with Gasteiger partial charge in [0.2, 0.25) is 0 Å². The summed E-state index contributed by atoms with van der Waals surface area (Å²) < 4.78 is 5.79. The number of ether oxygens (including phenoxy) is 1. The Bertz CT molecular complexity index is 643. The average molecular weight is 347 g/mol. The fraction of sp³-hybridized carbons (Fsp3) is 0.400. The van der Waals surface area contributed by atoms with Crippen LogP contribution in [0.2, 0.25) is 5.02 Å². The lowest BCUT2D eigenvalue weighted by Gasteiger charge is -2.13. The van der Waals surface area contributed by atoms with Gasteiger partial charge in [-0.15, -0.1) is 0 Å². The number of benzene rings is 2. The third-order valence-electron chi connectivity index (χ3n) is 3.77. The first-order valence-electron chi connectivity index (χ1n) is 8.51. The first kappa shape index (κ1) is 18.5. The molecule has 0 bridgehead atoms. The van der Waals surface area contributed by atoms with Crippen molar-refractivity contribution in [3.05, 3.63) is 53.1 Å². The van der Waals surface area contributed by atoms with Crippen molar-refractivity contribution in [2.24, 2.45) is 5.92 Å². The van der Waals surface area contributed by atoms with Crippen molar-refractivity contribution in [1.29, 1.82) is 0 Å². The molecule has 0 aliphatic carbocycles. The van der Waals surface area contributed by atoms with E-state index in [9.17, 15) is 0 Å². The van der Waals surface area contributed by atoms with Crippen molar-refractivity contribution in [2.45, 2.75) is 27.2 Å². The lowest BCUT2D eigenvalue weighted by molar-refractivity contribution is 0.289. The molecule has 0 radical (unpaired) electrons. The number of aryl methyl sites for hydroxylation is 1. The number of halogens is 1. The fourth-order valence-corrected chi connectivity index (χ4v) is 2.47. The van der Waals surface area contributed by atoms with E-state index in [4.69, 9.17) is 16.3 Å². The van der Waals surface area contributed by atoms with Gasteiger partial charge in [0.15, 0.2) is 0 Å². The summed E-state index contributed by atoms with van der Waals surface area (Å²) in [6.07, 6.45) is 1.07. The van der Waals surface area contributed by atoms with E-state index in [1.807, 2.05) is 36.4 Å². The van der Waals surface area contributed by atoms with Gasteiger partial charge in [-0.2, -0.15) is 0 Å². The number of anilines is 2. The van der Waals surface area contributed by atoms with E-state index in [1.54, 1.807) is 0 Å². The quantitative estimate of drug-likeness (QED) is 0.580. The second kappa shape index (κ2) is 9.43. The highest BCUT2D eigenvalue weighted by Crippen LogP contribution is 2.20. The molecule has 0 unspecified atom stereocenters. The molecule has 0 heterocycles. The van der Waals surface area contributed by atoms with E-state index in [0.29, 0.717) is 5.92 Å². The Morgan fingerprint density at radius 3 is 2.62 bits per heavy atom. The highest BCUT2D eigenvalue weighted by molar-refractivity contribution is 6.30. The zero-order chi connectivity index (χ0) is 17.4. The minimum atomic E-state index is 0.660. The summed E-state index contributed by atoms with van der Waals surface area (Å²) in [6, 6.07) is 14.0. The molecule has 0 saturated carbocycles. The van der Waals surface area contributed by atoms with Crippen LogP contribution in [-0.2, 0) is 0 Å². The van der Waals surface area contributed by atoms with Gasteiger partial charge < -0.3 is 15.4 Å². The minimum absolute atomic E-state index is 0.660. The Morgan fingerprint density at radius 2 is 1.83 bits per heavy atom. The van der Waals surface area contributed by atoms with Gasteiger partial charge in [-0.1, -0.05) is 37.6 Å². The van der Waals surface area contributed by atoms with Crippen molar-refractivity contribution < 1.29 is 4.74 Å². The van der Waals surface area contributed by atoms with Crippen LogP contribution in [0.1, 0.15) is 25.8 Å². The first-order valence-corrected chi connectivity index (χ1v) is 8.89. The maximum atomic E-state index is 6.03. The largest absolute Gasteiger partial charge is 0.494 e. The van der Waals surface area contributed by atoms with Gasteiger partial charge in [0.1, 0.15) is 5.75 Å². The standard InChI is InChI=1S/C20H27ClN2O/c1-15(2)9-12-24-19-6-4-5-18(14-19)22-10-11-23-20-13-17(21)8-7-16(20)3/h4-8,13-15,22-23H,9-12H2,1-3H3.